The summed E-state index contributed by atoms with van der Waals surface area (Å²) in [5.41, 5.74) is -0.255. The van der Waals surface area contributed by atoms with Gasteiger partial charge >= 0.3 is 5.97 Å². The molecule has 0 radical (unpaired) electrons. The number of thioether (sulfide) groups is 1. The third kappa shape index (κ3) is 6.62. The zero-order valence-electron chi connectivity index (χ0n) is 17.6. The summed E-state index contributed by atoms with van der Waals surface area (Å²) in [4.78, 5) is 36.3. The van der Waals surface area contributed by atoms with Crippen LogP contribution in [0.25, 0.3) is 0 Å². The Hall–Kier alpha value is -2.29. The van der Waals surface area contributed by atoms with E-state index in [0.29, 0.717) is 42.7 Å². The molecule has 0 aliphatic carbocycles. The lowest BCUT2D eigenvalue weighted by molar-refractivity contribution is -0.145. The first-order valence-corrected chi connectivity index (χ1v) is 11.2. The van der Waals surface area contributed by atoms with Gasteiger partial charge in [-0.05, 0) is 49.3 Å². The van der Waals surface area contributed by atoms with Crippen molar-refractivity contribution in [1.29, 1.82) is 0 Å². The van der Waals surface area contributed by atoms with Gasteiger partial charge in [0.15, 0.2) is 0 Å². The van der Waals surface area contributed by atoms with E-state index < -0.39 is 23.4 Å². The minimum atomic E-state index is -0.705. The van der Waals surface area contributed by atoms with Crippen LogP contribution in [-0.4, -0.2) is 55.6 Å². The van der Waals surface area contributed by atoms with E-state index in [1.165, 1.54) is 20.3 Å². The van der Waals surface area contributed by atoms with Crippen molar-refractivity contribution in [2.45, 2.75) is 50.1 Å². The molecule has 1 fully saturated rings. The summed E-state index contributed by atoms with van der Waals surface area (Å²) in [5.74, 6) is -0.196. The Labute approximate surface area is 180 Å². The van der Waals surface area contributed by atoms with Crippen LogP contribution in [0.15, 0.2) is 18.2 Å². The third-order valence-corrected chi connectivity index (χ3v) is 5.93. The van der Waals surface area contributed by atoms with Crippen molar-refractivity contribution in [3.8, 4) is 5.75 Å². The molecule has 1 aliphatic rings. The van der Waals surface area contributed by atoms with Crippen LogP contribution in [0, 0.1) is 5.82 Å². The van der Waals surface area contributed by atoms with Gasteiger partial charge in [-0.3, -0.25) is 9.59 Å². The highest BCUT2D eigenvalue weighted by Crippen LogP contribution is 2.31. The molecule has 1 saturated heterocycles. The lowest BCUT2D eigenvalue weighted by atomic mass is 9.84. The predicted molar refractivity (Wildman–Crippen MR) is 113 cm³/mol. The average molecular weight is 441 g/mol. The summed E-state index contributed by atoms with van der Waals surface area (Å²) in [6.45, 7) is 0. The quantitative estimate of drug-likeness (QED) is 0.513. The molecule has 2 unspecified atom stereocenters. The molecular formula is C21H29FN2O5S. The van der Waals surface area contributed by atoms with Crippen molar-refractivity contribution in [2.24, 2.45) is 0 Å². The molecule has 0 bridgehead atoms. The Bertz CT molecular complexity index is 776. The number of rotatable bonds is 11. The number of carbonyl (C=O) groups is 3. The van der Waals surface area contributed by atoms with Crippen molar-refractivity contribution in [3.63, 3.8) is 0 Å². The number of carbonyl (C=O) groups excluding carboxylic acids is 3. The second-order valence-electron chi connectivity index (χ2n) is 7.39. The molecular weight excluding hydrogens is 411 g/mol. The Morgan fingerprint density at radius 1 is 1.37 bits per heavy atom. The summed E-state index contributed by atoms with van der Waals surface area (Å²) < 4.78 is 24.2. The molecule has 0 spiro atoms. The van der Waals surface area contributed by atoms with Crippen LogP contribution in [0.3, 0.4) is 0 Å². The van der Waals surface area contributed by atoms with E-state index in [1.807, 2.05) is 6.26 Å². The molecule has 0 saturated carbocycles. The van der Waals surface area contributed by atoms with Gasteiger partial charge in [-0.25, -0.2) is 9.18 Å². The van der Waals surface area contributed by atoms with Crippen molar-refractivity contribution in [2.75, 3.05) is 26.2 Å². The van der Waals surface area contributed by atoms with Crippen molar-refractivity contribution < 1.29 is 28.2 Å². The van der Waals surface area contributed by atoms with Crippen LogP contribution in [0.2, 0.25) is 0 Å². The Morgan fingerprint density at radius 2 is 2.13 bits per heavy atom. The van der Waals surface area contributed by atoms with Crippen LogP contribution in [0.5, 0.6) is 5.75 Å². The van der Waals surface area contributed by atoms with Gasteiger partial charge in [-0.15, -0.1) is 0 Å². The van der Waals surface area contributed by atoms with Crippen LogP contribution in [0.4, 0.5) is 4.39 Å². The van der Waals surface area contributed by atoms with Gasteiger partial charge in [-0.2, -0.15) is 11.8 Å². The van der Waals surface area contributed by atoms with Crippen molar-refractivity contribution >= 4 is 29.5 Å². The van der Waals surface area contributed by atoms with E-state index in [0.717, 1.165) is 0 Å². The largest absolute Gasteiger partial charge is 0.497 e. The van der Waals surface area contributed by atoms with E-state index in [1.54, 1.807) is 23.9 Å². The molecule has 9 heteroatoms. The minimum absolute atomic E-state index is 0.102. The zero-order chi connectivity index (χ0) is 22.1. The Kier molecular flexibility index (Phi) is 8.95. The first-order chi connectivity index (χ1) is 14.3. The van der Waals surface area contributed by atoms with Gasteiger partial charge < -0.3 is 20.1 Å². The molecule has 2 atom stereocenters. The summed E-state index contributed by atoms with van der Waals surface area (Å²) in [7, 11) is 2.75. The molecule has 1 aromatic rings. The molecule has 1 aromatic carbocycles. The van der Waals surface area contributed by atoms with Gasteiger partial charge in [0.05, 0.1) is 14.2 Å². The molecule has 0 aromatic heterocycles. The van der Waals surface area contributed by atoms with Crippen molar-refractivity contribution in [3.05, 3.63) is 29.6 Å². The number of amides is 2. The van der Waals surface area contributed by atoms with E-state index in [4.69, 9.17) is 9.47 Å². The fourth-order valence-corrected chi connectivity index (χ4v) is 4.06. The van der Waals surface area contributed by atoms with Crippen molar-refractivity contribution in [1.82, 2.24) is 10.6 Å². The topological polar surface area (TPSA) is 93.7 Å². The lowest BCUT2D eigenvalue weighted by Gasteiger charge is -2.30. The maximum Gasteiger partial charge on any atom is 0.328 e. The van der Waals surface area contributed by atoms with Gasteiger partial charge in [-0.1, -0.05) is 6.07 Å². The number of ether oxygens (including phenoxy) is 2. The summed E-state index contributed by atoms with van der Waals surface area (Å²) in [6.07, 6.45) is 3.95. The van der Waals surface area contributed by atoms with Crippen LogP contribution < -0.4 is 15.4 Å². The highest BCUT2D eigenvalue weighted by Gasteiger charge is 2.38. The predicted octanol–water partition coefficient (Wildman–Crippen LogP) is 2.22. The molecule has 7 nitrogen and oxygen atoms in total. The molecule has 166 valence electrons. The van der Waals surface area contributed by atoms with E-state index in [-0.39, 0.29) is 24.7 Å². The number of benzene rings is 1. The van der Waals surface area contributed by atoms with Gasteiger partial charge in [0, 0.05) is 24.4 Å². The maximum absolute atomic E-state index is 14.4. The fraction of sp³-hybridized carbons (Fsp3) is 0.571. The van der Waals surface area contributed by atoms with Gasteiger partial charge in [0.2, 0.25) is 11.8 Å². The van der Waals surface area contributed by atoms with Gasteiger partial charge in [0.1, 0.15) is 17.6 Å². The molecule has 2 N–H and O–H groups in total. The second kappa shape index (κ2) is 11.2. The van der Waals surface area contributed by atoms with Crippen LogP contribution in [-0.2, 0) is 25.5 Å². The highest BCUT2D eigenvalue weighted by molar-refractivity contribution is 7.98. The number of hydrogen-bond donors (Lipinski definition) is 2. The maximum atomic E-state index is 14.4. The first kappa shape index (κ1) is 24.0. The molecule has 1 aliphatic heterocycles. The van der Waals surface area contributed by atoms with Gasteiger partial charge in [0.25, 0.3) is 0 Å². The Morgan fingerprint density at radius 3 is 2.70 bits per heavy atom. The standard InChI is InChI=1S/C21H29FN2O5S/c1-28-15-5-4-14(16(22)12-15)13-21(10-7-19(26)24-21)9-6-18(25)23-17(8-11-30-3)20(27)29-2/h4-5,12,17H,6-11,13H2,1-3H3,(H,23,25)(H,24,26). The number of esters is 1. The van der Waals surface area contributed by atoms with E-state index in [2.05, 4.69) is 10.6 Å². The lowest BCUT2D eigenvalue weighted by Crippen LogP contribution is -2.46. The molecule has 2 amide bonds. The fourth-order valence-electron chi connectivity index (χ4n) is 3.59. The monoisotopic (exact) mass is 440 g/mol. The Balaban J connectivity index is 2.04. The normalized spacial score (nSPS) is 19.1. The zero-order valence-corrected chi connectivity index (χ0v) is 18.4. The highest BCUT2D eigenvalue weighted by atomic mass is 32.2. The number of halogens is 1. The number of methoxy groups -OCH3 is 2. The average Bonchev–Trinajstić information content (AvgIpc) is 3.11. The minimum Gasteiger partial charge on any atom is -0.497 e. The molecule has 2 rings (SSSR count). The second-order valence-corrected chi connectivity index (χ2v) is 8.37. The summed E-state index contributed by atoms with van der Waals surface area (Å²) in [5, 5.41) is 5.65. The number of hydrogen-bond acceptors (Lipinski definition) is 6. The summed E-state index contributed by atoms with van der Waals surface area (Å²) in [6, 6.07) is 3.90. The third-order valence-electron chi connectivity index (χ3n) is 5.29. The SMILES string of the molecule is COC(=O)C(CCSC)NC(=O)CCC1(Cc2ccc(OC)cc2F)CCC(=O)N1. The van der Waals surface area contributed by atoms with E-state index >= 15 is 0 Å². The summed E-state index contributed by atoms with van der Waals surface area (Å²) >= 11 is 1.57. The van der Waals surface area contributed by atoms with E-state index in [9.17, 15) is 18.8 Å². The van der Waals surface area contributed by atoms with Crippen LogP contribution >= 0.6 is 11.8 Å². The molecule has 30 heavy (non-hydrogen) atoms. The molecule has 1 heterocycles. The first-order valence-electron chi connectivity index (χ1n) is 9.82. The van der Waals surface area contributed by atoms with Crippen LogP contribution in [0.1, 0.15) is 37.7 Å². The number of nitrogens with one attached hydrogen (secondary N) is 2. The smallest absolute Gasteiger partial charge is 0.328 e.